The van der Waals surface area contributed by atoms with E-state index in [9.17, 15) is 8.78 Å². The Morgan fingerprint density at radius 2 is 1.79 bits per heavy atom. The summed E-state index contributed by atoms with van der Waals surface area (Å²) < 4.78 is 28.6. The zero-order valence-corrected chi connectivity index (χ0v) is 9.44. The molecule has 4 heteroatoms. The van der Waals surface area contributed by atoms with Gasteiger partial charge in [0, 0.05) is 6.04 Å². The average molecular weight is 209 g/mol. The molecule has 0 aliphatic carbocycles. The maximum absolute atomic E-state index is 11.8. The summed E-state index contributed by atoms with van der Waals surface area (Å²) in [5.74, 6) is 0. The molecule has 0 aliphatic rings. The first kappa shape index (κ1) is 13.8. The second kappa shape index (κ2) is 6.30. The predicted octanol–water partition coefficient (Wildman–Crippen LogP) is 2.29. The van der Waals surface area contributed by atoms with Crippen LogP contribution in [0.15, 0.2) is 0 Å². The minimum atomic E-state index is -2.38. The van der Waals surface area contributed by atoms with Crippen LogP contribution in [0.1, 0.15) is 27.7 Å². The van der Waals surface area contributed by atoms with Crippen molar-refractivity contribution in [2.24, 2.45) is 5.41 Å². The Morgan fingerprint density at radius 3 is 2.14 bits per heavy atom. The summed E-state index contributed by atoms with van der Waals surface area (Å²) in [4.78, 5) is 0. The fourth-order valence-electron chi connectivity index (χ4n) is 1.14. The molecule has 0 aromatic rings. The molecule has 0 amide bonds. The van der Waals surface area contributed by atoms with Crippen molar-refractivity contribution >= 4 is 0 Å². The molecule has 0 bridgehead atoms. The lowest BCUT2D eigenvalue weighted by molar-refractivity contribution is -0.00244. The van der Waals surface area contributed by atoms with Gasteiger partial charge in [-0.15, -0.1) is 0 Å². The van der Waals surface area contributed by atoms with Crippen molar-refractivity contribution in [3.8, 4) is 0 Å². The van der Waals surface area contributed by atoms with Crippen LogP contribution >= 0.6 is 0 Å². The Bertz CT molecular complexity index is 146. The average Bonchev–Trinajstić information content (AvgIpc) is 2.00. The quantitative estimate of drug-likeness (QED) is 0.724. The van der Waals surface area contributed by atoms with Crippen LogP contribution in [0, 0.1) is 5.41 Å². The van der Waals surface area contributed by atoms with E-state index in [1.54, 1.807) is 0 Å². The lowest BCUT2D eigenvalue weighted by Crippen LogP contribution is -2.44. The Hall–Kier alpha value is -0.220. The van der Waals surface area contributed by atoms with E-state index >= 15 is 0 Å². The third-order valence-corrected chi connectivity index (χ3v) is 2.02. The second-order valence-corrected chi connectivity index (χ2v) is 4.40. The van der Waals surface area contributed by atoms with Gasteiger partial charge in [-0.05, 0) is 12.0 Å². The molecule has 0 saturated carbocycles. The summed E-state index contributed by atoms with van der Waals surface area (Å²) in [5.41, 5.74) is 0.0259. The highest BCUT2D eigenvalue weighted by atomic mass is 19.3. The first-order valence-corrected chi connectivity index (χ1v) is 4.97. The van der Waals surface area contributed by atoms with Crippen LogP contribution in [0.25, 0.3) is 0 Å². The molecule has 1 atom stereocenters. The fraction of sp³-hybridized carbons (Fsp3) is 1.00. The Morgan fingerprint density at radius 1 is 1.21 bits per heavy atom. The number of hydrogen-bond donors (Lipinski definition) is 1. The monoisotopic (exact) mass is 209 g/mol. The van der Waals surface area contributed by atoms with Gasteiger partial charge in [0.2, 0.25) is 0 Å². The molecule has 0 radical (unpaired) electrons. The van der Waals surface area contributed by atoms with Gasteiger partial charge < -0.3 is 10.1 Å². The Balaban J connectivity index is 3.86. The molecule has 0 aromatic carbocycles. The minimum Gasteiger partial charge on any atom is -0.374 e. The molecule has 0 spiro atoms. The van der Waals surface area contributed by atoms with Gasteiger partial charge in [0.15, 0.2) is 0 Å². The highest BCUT2D eigenvalue weighted by Crippen LogP contribution is 2.19. The second-order valence-electron chi connectivity index (χ2n) is 4.40. The van der Waals surface area contributed by atoms with E-state index in [1.165, 1.54) is 0 Å². The van der Waals surface area contributed by atoms with Crippen LogP contribution in [0.4, 0.5) is 8.78 Å². The maximum Gasteiger partial charge on any atom is 0.261 e. The van der Waals surface area contributed by atoms with E-state index in [0.29, 0.717) is 6.61 Å². The van der Waals surface area contributed by atoms with Crippen molar-refractivity contribution in [3.05, 3.63) is 0 Å². The molecule has 14 heavy (non-hydrogen) atoms. The minimum absolute atomic E-state index is 0.0259. The summed E-state index contributed by atoms with van der Waals surface area (Å²) in [6.45, 7) is 8.86. The molecule has 1 unspecified atom stereocenters. The van der Waals surface area contributed by atoms with E-state index in [1.807, 2.05) is 6.92 Å². The van der Waals surface area contributed by atoms with Gasteiger partial charge in [-0.3, -0.25) is 0 Å². The van der Waals surface area contributed by atoms with Gasteiger partial charge in [0.25, 0.3) is 6.43 Å². The standard InChI is InChI=1S/C10H21F2NO/c1-5-13-8(10(2,3)4)6-14-7-9(11)12/h8-9,13H,5-7H2,1-4H3. The maximum atomic E-state index is 11.8. The van der Waals surface area contributed by atoms with Gasteiger partial charge in [0.1, 0.15) is 6.61 Å². The number of alkyl halides is 2. The molecular formula is C10H21F2NO. The first-order valence-electron chi connectivity index (χ1n) is 4.97. The number of ether oxygens (including phenoxy) is 1. The largest absolute Gasteiger partial charge is 0.374 e. The summed E-state index contributed by atoms with van der Waals surface area (Å²) in [7, 11) is 0. The van der Waals surface area contributed by atoms with E-state index < -0.39 is 13.0 Å². The van der Waals surface area contributed by atoms with Crippen molar-refractivity contribution < 1.29 is 13.5 Å². The topological polar surface area (TPSA) is 21.3 Å². The zero-order valence-electron chi connectivity index (χ0n) is 9.44. The van der Waals surface area contributed by atoms with Crippen LogP contribution in [-0.4, -0.2) is 32.2 Å². The predicted molar refractivity (Wildman–Crippen MR) is 53.7 cm³/mol. The van der Waals surface area contributed by atoms with Crippen molar-refractivity contribution in [2.75, 3.05) is 19.8 Å². The first-order chi connectivity index (χ1) is 6.38. The molecule has 0 saturated heterocycles. The molecule has 86 valence electrons. The summed E-state index contributed by atoms with van der Waals surface area (Å²) in [6.07, 6.45) is -2.38. The van der Waals surface area contributed by atoms with Crippen LogP contribution in [0.2, 0.25) is 0 Å². The van der Waals surface area contributed by atoms with Crippen LogP contribution in [-0.2, 0) is 4.74 Å². The number of hydrogen-bond acceptors (Lipinski definition) is 2. The number of likely N-dealkylation sites (N-methyl/N-ethyl adjacent to an activating group) is 1. The molecular weight excluding hydrogens is 188 g/mol. The molecule has 0 fully saturated rings. The molecule has 2 nitrogen and oxygen atoms in total. The summed E-state index contributed by atoms with van der Waals surface area (Å²) >= 11 is 0. The van der Waals surface area contributed by atoms with Crippen molar-refractivity contribution in [2.45, 2.75) is 40.2 Å². The lowest BCUT2D eigenvalue weighted by Gasteiger charge is -2.31. The SMILES string of the molecule is CCNC(COCC(F)F)C(C)(C)C. The van der Waals surface area contributed by atoms with Crippen molar-refractivity contribution in [1.29, 1.82) is 0 Å². The third kappa shape index (κ3) is 6.27. The van der Waals surface area contributed by atoms with Crippen LogP contribution in [0.5, 0.6) is 0 Å². The molecule has 0 aliphatic heterocycles. The number of nitrogens with one attached hydrogen (secondary N) is 1. The Kier molecular flexibility index (Phi) is 6.20. The van der Waals surface area contributed by atoms with Gasteiger partial charge in [0.05, 0.1) is 6.61 Å². The normalized spacial score (nSPS) is 14.8. The highest BCUT2D eigenvalue weighted by molar-refractivity contribution is 4.79. The smallest absolute Gasteiger partial charge is 0.261 e. The lowest BCUT2D eigenvalue weighted by atomic mass is 9.87. The van der Waals surface area contributed by atoms with Crippen LogP contribution in [0.3, 0.4) is 0 Å². The van der Waals surface area contributed by atoms with Crippen LogP contribution < -0.4 is 5.32 Å². The fourth-order valence-corrected chi connectivity index (χ4v) is 1.14. The molecule has 0 rings (SSSR count). The number of rotatable bonds is 6. The number of halogens is 2. The highest BCUT2D eigenvalue weighted by Gasteiger charge is 2.23. The summed E-state index contributed by atoms with van der Waals surface area (Å²) in [5, 5.41) is 3.23. The van der Waals surface area contributed by atoms with E-state index in [-0.39, 0.29) is 11.5 Å². The zero-order chi connectivity index (χ0) is 11.2. The van der Waals surface area contributed by atoms with E-state index in [0.717, 1.165) is 6.54 Å². The van der Waals surface area contributed by atoms with Crippen molar-refractivity contribution in [3.63, 3.8) is 0 Å². The Labute approximate surface area is 85.0 Å². The van der Waals surface area contributed by atoms with Gasteiger partial charge in [-0.2, -0.15) is 0 Å². The molecule has 0 heterocycles. The molecule has 0 aromatic heterocycles. The summed E-state index contributed by atoms with van der Waals surface area (Å²) in [6, 6.07) is 0.117. The van der Waals surface area contributed by atoms with Gasteiger partial charge in [-0.1, -0.05) is 27.7 Å². The third-order valence-electron chi connectivity index (χ3n) is 2.02. The van der Waals surface area contributed by atoms with Crippen molar-refractivity contribution in [1.82, 2.24) is 5.32 Å². The molecule has 1 N–H and O–H groups in total. The van der Waals surface area contributed by atoms with E-state index in [4.69, 9.17) is 4.74 Å². The van der Waals surface area contributed by atoms with Gasteiger partial charge in [-0.25, -0.2) is 8.78 Å². The van der Waals surface area contributed by atoms with E-state index in [2.05, 4.69) is 26.1 Å². The van der Waals surface area contributed by atoms with Gasteiger partial charge >= 0.3 is 0 Å².